The first-order valence-electron chi connectivity index (χ1n) is 3.65. The van der Waals surface area contributed by atoms with Gasteiger partial charge in [0.05, 0.1) is 18.9 Å². The van der Waals surface area contributed by atoms with Gasteiger partial charge >= 0.3 is 0 Å². The van der Waals surface area contributed by atoms with Crippen LogP contribution in [0.3, 0.4) is 0 Å². The molecule has 0 spiro atoms. The van der Waals surface area contributed by atoms with Gasteiger partial charge in [-0.15, -0.1) is 0 Å². The SMILES string of the molecule is C=C(NCCO)C(=S)NCCO. The molecule has 0 saturated carbocycles. The number of rotatable bonds is 6. The summed E-state index contributed by atoms with van der Waals surface area (Å²) in [5.41, 5.74) is 0.562. The molecule has 5 heteroatoms. The first-order chi connectivity index (χ1) is 5.72. The summed E-state index contributed by atoms with van der Waals surface area (Å²) in [7, 11) is 0. The predicted molar refractivity (Wildman–Crippen MR) is 51.9 cm³/mol. The lowest BCUT2D eigenvalue weighted by atomic mass is 10.4. The Morgan fingerprint density at radius 3 is 2.17 bits per heavy atom. The Kier molecular flexibility index (Phi) is 6.64. The van der Waals surface area contributed by atoms with Gasteiger partial charge in [0, 0.05) is 13.1 Å². The highest BCUT2D eigenvalue weighted by atomic mass is 32.1. The van der Waals surface area contributed by atoms with Gasteiger partial charge in [0.2, 0.25) is 0 Å². The van der Waals surface area contributed by atoms with E-state index in [9.17, 15) is 0 Å². The van der Waals surface area contributed by atoms with Gasteiger partial charge in [-0.25, -0.2) is 0 Å². The minimum atomic E-state index is 0.0351. The first kappa shape index (κ1) is 11.4. The van der Waals surface area contributed by atoms with Crippen LogP contribution in [0.2, 0.25) is 0 Å². The van der Waals surface area contributed by atoms with Crippen molar-refractivity contribution < 1.29 is 10.2 Å². The van der Waals surface area contributed by atoms with Gasteiger partial charge in [-0.2, -0.15) is 0 Å². The fourth-order valence-electron chi connectivity index (χ4n) is 0.563. The Balaban J connectivity index is 3.55. The van der Waals surface area contributed by atoms with Crippen LogP contribution in [-0.2, 0) is 0 Å². The van der Waals surface area contributed by atoms with Crippen LogP contribution in [0, 0.1) is 0 Å². The van der Waals surface area contributed by atoms with E-state index in [1.54, 1.807) is 0 Å². The molecule has 0 amide bonds. The van der Waals surface area contributed by atoms with E-state index in [1.165, 1.54) is 0 Å². The Morgan fingerprint density at radius 2 is 1.67 bits per heavy atom. The van der Waals surface area contributed by atoms with Gasteiger partial charge in [0.1, 0.15) is 4.99 Å². The second-order valence-corrected chi connectivity index (χ2v) is 2.52. The normalized spacial score (nSPS) is 9.17. The molecule has 0 aromatic carbocycles. The van der Waals surface area contributed by atoms with E-state index in [1.807, 2.05) is 0 Å². The molecule has 4 N–H and O–H groups in total. The Labute approximate surface area is 77.3 Å². The van der Waals surface area contributed by atoms with E-state index >= 15 is 0 Å². The lowest BCUT2D eigenvalue weighted by Gasteiger charge is -2.10. The van der Waals surface area contributed by atoms with Crippen molar-refractivity contribution in [2.75, 3.05) is 26.3 Å². The van der Waals surface area contributed by atoms with Crippen LogP contribution >= 0.6 is 12.2 Å². The van der Waals surface area contributed by atoms with E-state index in [-0.39, 0.29) is 13.2 Å². The second kappa shape index (κ2) is 7.02. The molecule has 4 nitrogen and oxygen atoms in total. The van der Waals surface area contributed by atoms with Crippen molar-refractivity contribution in [3.63, 3.8) is 0 Å². The number of hydrogen-bond donors (Lipinski definition) is 4. The van der Waals surface area contributed by atoms with Gasteiger partial charge in [-0.1, -0.05) is 18.8 Å². The summed E-state index contributed by atoms with van der Waals surface area (Å²) in [6.45, 7) is 4.56. The molecule has 0 fully saturated rings. The molecule has 0 aliphatic rings. The summed E-state index contributed by atoms with van der Waals surface area (Å²) in [5.74, 6) is 0. The summed E-state index contributed by atoms with van der Waals surface area (Å²) in [6.07, 6.45) is 0. The number of aliphatic hydroxyl groups excluding tert-OH is 2. The van der Waals surface area contributed by atoms with E-state index in [0.717, 1.165) is 0 Å². The van der Waals surface area contributed by atoms with Gasteiger partial charge in [-0.3, -0.25) is 0 Å². The summed E-state index contributed by atoms with van der Waals surface area (Å²) < 4.78 is 0. The molecule has 0 radical (unpaired) electrons. The third kappa shape index (κ3) is 5.06. The zero-order valence-corrected chi connectivity index (χ0v) is 7.65. The van der Waals surface area contributed by atoms with Crippen LogP contribution in [-0.4, -0.2) is 41.5 Å². The molecular weight excluding hydrogens is 176 g/mol. The van der Waals surface area contributed by atoms with Crippen LogP contribution in [0.25, 0.3) is 0 Å². The average Bonchev–Trinajstić information content (AvgIpc) is 2.10. The third-order valence-corrected chi connectivity index (χ3v) is 1.51. The predicted octanol–water partition coefficient (Wildman–Crippen LogP) is -1.01. The van der Waals surface area contributed by atoms with E-state index in [2.05, 4.69) is 17.2 Å². The third-order valence-electron chi connectivity index (χ3n) is 1.12. The Bertz CT molecular complexity index is 143. The van der Waals surface area contributed by atoms with Gasteiger partial charge in [-0.05, 0) is 0 Å². The van der Waals surface area contributed by atoms with Crippen LogP contribution in [0.5, 0.6) is 0 Å². The highest BCUT2D eigenvalue weighted by molar-refractivity contribution is 7.80. The molecule has 0 aliphatic heterocycles. The monoisotopic (exact) mass is 190 g/mol. The van der Waals surface area contributed by atoms with Crippen molar-refractivity contribution in [3.8, 4) is 0 Å². The van der Waals surface area contributed by atoms with Crippen molar-refractivity contribution in [3.05, 3.63) is 12.3 Å². The quantitative estimate of drug-likeness (QED) is 0.319. The number of thiocarbonyl (C=S) groups is 1. The molecule has 0 bridgehead atoms. The van der Waals surface area contributed by atoms with Gasteiger partial charge < -0.3 is 20.8 Å². The minimum absolute atomic E-state index is 0.0351. The molecular formula is C7H14N2O2S. The van der Waals surface area contributed by atoms with Crippen LogP contribution in [0.4, 0.5) is 0 Å². The number of hydrogen-bond acceptors (Lipinski definition) is 4. The zero-order chi connectivity index (χ0) is 9.40. The Morgan fingerprint density at radius 1 is 1.17 bits per heavy atom. The Hall–Kier alpha value is -0.650. The first-order valence-corrected chi connectivity index (χ1v) is 4.06. The van der Waals surface area contributed by atoms with Crippen molar-refractivity contribution >= 4 is 17.2 Å². The molecule has 0 saturated heterocycles. The second-order valence-electron chi connectivity index (χ2n) is 2.11. The molecule has 0 rings (SSSR count). The molecule has 0 aromatic heterocycles. The average molecular weight is 190 g/mol. The molecule has 0 aliphatic carbocycles. The van der Waals surface area contributed by atoms with E-state index < -0.39 is 0 Å². The summed E-state index contributed by atoms with van der Waals surface area (Å²) in [6, 6.07) is 0. The van der Waals surface area contributed by atoms with Crippen molar-refractivity contribution in [1.29, 1.82) is 0 Å². The maximum absolute atomic E-state index is 8.47. The summed E-state index contributed by atoms with van der Waals surface area (Å²) >= 11 is 4.89. The molecule has 12 heavy (non-hydrogen) atoms. The number of nitrogens with one attached hydrogen (secondary N) is 2. The van der Waals surface area contributed by atoms with Crippen molar-refractivity contribution in [1.82, 2.24) is 10.6 Å². The summed E-state index contributed by atoms with van der Waals surface area (Å²) in [5, 5.41) is 22.5. The molecule has 0 heterocycles. The summed E-state index contributed by atoms with van der Waals surface area (Å²) in [4.78, 5) is 0.470. The van der Waals surface area contributed by atoms with Crippen LogP contribution in [0.15, 0.2) is 12.3 Å². The standard InChI is InChI=1S/C7H14N2O2S/c1-6(8-2-4-10)7(12)9-3-5-11/h8,10-11H,1-5H2,(H,9,12). The molecule has 0 aromatic rings. The fourth-order valence-corrected chi connectivity index (χ4v) is 0.737. The van der Waals surface area contributed by atoms with Crippen molar-refractivity contribution in [2.45, 2.75) is 0 Å². The van der Waals surface area contributed by atoms with E-state index in [4.69, 9.17) is 22.4 Å². The van der Waals surface area contributed by atoms with Crippen molar-refractivity contribution in [2.24, 2.45) is 0 Å². The van der Waals surface area contributed by atoms with Gasteiger partial charge in [0.25, 0.3) is 0 Å². The maximum Gasteiger partial charge on any atom is 0.122 e. The molecule has 0 unspecified atom stereocenters. The van der Waals surface area contributed by atoms with Gasteiger partial charge in [0.15, 0.2) is 0 Å². The zero-order valence-electron chi connectivity index (χ0n) is 6.84. The fraction of sp³-hybridized carbons (Fsp3) is 0.571. The smallest absolute Gasteiger partial charge is 0.122 e. The number of aliphatic hydroxyl groups is 2. The van der Waals surface area contributed by atoms with Crippen LogP contribution in [0.1, 0.15) is 0 Å². The largest absolute Gasteiger partial charge is 0.395 e. The highest BCUT2D eigenvalue weighted by Crippen LogP contribution is 1.85. The molecule has 0 atom stereocenters. The highest BCUT2D eigenvalue weighted by Gasteiger charge is 1.98. The molecule has 70 valence electrons. The topological polar surface area (TPSA) is 64.5 Å². The maximum atomic E-state index is 8.47. The lowest BCUT2D eigenvalue weighted by Crippen LogP contribution is -2.32. The van der Waals surface area contributed by atoms with E-state index in [0.29, 0.717) is 23.8 Å². The van der Waals surface area contributed by atoms with Crippen LogP contribution < -0.4 is 10.6 Å². The minimum Gasteiger partial charge on any atom is -0.395 e. The lowest BCUT2D eigenvalue weighted by molar-refractivity contribution is 0.297.